The minimum Gasteiger partial charge on any atom is -0.444 e. The summed E-state index contributed by atoms with van der Waals surface area (Å²) in [4.78, 5) is 44.5. The van der Waals surface area contributed by atoms with Crippen molar-refractivity contribution in [2.75, 3.05) is 13.1 Å². The molecule has 308 valence electrons. The van der Waals surface area contributed by atoms with Crippen LogP contribution in [0.1, 0.15) is 95.4 Å². The molecule has 0 aliphatic rings. The molecule has 2 atom stereocenters. The van der Waals surface area contributed by atoms with E-state index < -0.39 is 23.4 Å². The quantitative estimate of drug-likeness (QED) is 0.133. The number of aromatic amines is 2. The Kier molecular flexibility index (Phi) is 13.8. The summed E-state index contributed by atoms with van der Waals surface area (Å²) >= 11 is 6.03. The molecular weight excluding hydrogens is 762 g/mol. The first-order chi connectivity index (χ1) is 27.3. The second kappa shape index (κ2) is 18.4. The molecule has 0 saturated heterocycles. The van der Waals surface area contributed by atoms with Crippen LogP contribution in [0.5, 0.6) is 0 Å². The molecule has 0 bridgehead atoms. The molecule has 6 aromatic rings. The van der Waals surface area contributed by atoms with E-state index in [1.807, 2.05) is 99.0 Å². The predicted octanol–water partition coefficient (Wildman–Crippen LogP) is 11.4. The van der Waals surface area contributed by atoms with E-state index in [1.54, 1.807) is 34.1 Å². The third-order valence-electron chi connectivity index (χ3n) is 9.41. The molecule has 10 nitrogen and oxygen atoms in total. The van der Waals surface area contributed by atoms with Crippen molar-refractivity contribution in [2.24, 2.45) is 0 Å². The van der Waals surface area contributed by atoms with Crippen LogP contribution in [-0.4, -0.2) is 66.2 Å². The summed E-state index contributed by atoms with van der Waals surface area (Å²) in [6, 6.07) is 19.5. The first kappa shape index (κ1) is 43.6. The normalized spacial score (nSPS) is 12.8. The van der Waals surface area contributed by atoms with Gasteiger partial charge in [0.15, 0.2) is 0 Å². The minimum absolute atomic E-state index is 0.324. The summed E-state index contributed by atoms with van der Waals surface area (Å²) in [5.74, 6) is -0.663. The number of carbonyl (C=O) groups is 2. The zero-order chi connectivity index (χ0) is 42.4. The topological polar surface area (TPSA) is 116 Å². The van der Waals surface area contributed by atoms with Crippen molar-refractivity contribution < 1.29 is 27.8 Å². The number of halogens is 3. The van der Waals surface area contributed by atoms with Crippen LogP contribution in [0.4, 0.5) is 18.4 Å². The highest BCUT2D eigenvalue weighted by molar-refractivity contribution is 6.29. The number of amides is 2. The highest BCUT2D eigenvalue weighted by Crippen LogP contribution is 2.27. The Bertz CT molecular complexity index is 2180. The molecule has 0 fully saturated rings. The van der Waals surface area contributed by atoms with E-state index in [4.69, 9.17) is 21.1 Å². The van der Waals surface area contributed by atoms with Gasteiger partial charge in [0.2, 0.25) is 0 Å². The molecule has 0 saturated carbocycles. The van der Waals surface area contributed by atoms with Gasteiger partial charge in [0.25, 0.3) is 0 Å². The van der Waals surface area contributed by atoms with Crippen molar-refractivity contribution in [3.63, 3.8) is 0 Å². The lowest BCUT2D eigenvalue weighted by Crippen LogP contribution is -2.39. The number of rotatable bonds is 10. The summed E-state index contributed by atoms with van der Waals surface area (Å²) in [6.07, 6.45) is 4.09. The summed E-state index contributed by atoms with van der Waals surface area (Å²) in [7, 11) is 0. The highest BCUT2D eigenvalue weighted by atomic mass is 35.5. The number of hydrogen-bond acceptors (Lipinski definition) is 6. The molecule has 13 heteroatoms. The first-order valence-electron chi connectivity index (χ1n) is 19.3. The molecule has 4 heterocycles. The summed E-state index contributed by atoms with van der Waals surface area (Å²) in [6.45, 7) is 17.5. The smallest absolute Gasteiger partial charge is 0.410 e. The van der Waals surface area contributed by atoms with E-state index in [-0.39, 0.29) is 23.7 Å². The maximum Gasteiger partial charge on any atom is 0.410 e. The van der Waals surface area contributed by atoms with E-state index in [1.165, 1.54) is 24.3 Å². The van der Waals surface area contributed by atoms with Gasteiger partial charge in [0.1, 0.15) is 28.0 Å². The molecule has 58 heavy (non-hydrogen) atoms. The maximum absolute atomic E-state index is 13.7. The van der Waals surface area contributed by atoms with E-state index in [0.717, 1.165) is 44.5 Å². The van der Waals surface area contributed by atoms with Gasteiger partial charge in [-0.1, -0.05) is 35.9 Å². The lowest BCUT2D eigenvalue weighted by Gasteiger charge is -2.32. The van der Waals surface area contributed by atoms with Gasteiger partial charge >= 0.3 is 12.2 Å². The number of pyridine rings is 2. The number of carbonyl (C=O) groups excluding carboxylic acids is 2. The molecule has 6 rings (SSSR count). The molecule has 0 aliphatic heterocycles. The van der Waals surface area contributed by atoms with Crippen molar-refractivity contribution in [1.82, 2.24) is 29.7 Å². The Morgan fingerprint density at radius 3 is 1.55 bits per heavy atom. The van der Waals surface area contributed by atoms with E-state index >= 15 is 0 Å². The van der Waals surface area contributed by atoms with Gasteiger partial charge in [-0.3, -0.25) is 4.98 Å². The average molecular weight is 815 g/mol. The SMILES string of the molecule is CC(c1cccc(F)c1)N(CCc1c[nH]c2ccc(Cl)nc12)C(=O)OC(C)(C)C.Cc1ccc2[nH]cc(CCN(C(=O)OC(C)(C)C)C(C)c3cccc(F)c3)c2n1. The average Bonchev–Trinajstić information content (AvgIpc) is 3.73. The molecule has 2 unspecified atom stereocenters. The van der Waals surface area contributed by atoms with E-state index in [0.29, 0.717) is 36.6 Å². The summed E-state index contributed by atoms with van der Waals surface area (Å²) in [5, 5.41) is 0.412. The van der Waals surface area contributed by atoms with Crippen LogP contribution < -0.4 is 0 Å². The summed E-state index contributed by atoms with van der Waals surface area (Å²) in [5.41, 5.74) is 6.64. The van der Waals surface area contributed by atoms with Crippen LogP contribution in [0.2, 0.25) is 5.15 Å². The second-order valence-corrected chi connectivity index (χ2v) is 16.7. The van der Waals surface area contributed by atoms with Crippen LogP contribution in [0.3, 0.4) is 0 Å². The molecular formula is C45H53ClF2N6O4. The number of nitrogens with zero attached hydrogens (tertiary/aromatic N) is 4. The van der Waals surface area contributed by atoms with Gasteiger partial charge in [0.05, 0.1) is 34.2 Å². The number of H-pyrrole nitrogens is 2. The Morgan fingerprint density at radius 1 is 0.690 bits per heavy atom. The molecule has 0 aliphatic carbocycles. The molecule has 4 aromatic heterocycles. The number of nitrogens with one attached hydrogen (secondary N) is 2. The zero-order valence-corrected chi connectivity index (χ0v) is 35.4. The lowest BCUT2D eigenvalue weighted by molar-refractivity contribution is 0.0165. The van der Waals surface area contributed by atoms with Crippen LogP contribution in [0.15, 0.2) is 85.2 Å². The van der Waals surface area contributed by atoms with Gasteiger partial charge in [-0.2, -0.15) is 0 Å². The van der Waals surface area contributed by atoms with E-state index in [2.05, 4.69) is 19.9 Å². The second-order valence-electron chi connectivity index (χ2n) is 16.3. The standard InChI is InChI=1S/C23H28FN3O2.C22H25ClFN3O2/c1-15-9-10-20-21(26-15)18(14-25-20)11-12-27(22(28)29-23(3,4)5)16(2)17-7-6-8-19(24)13-17;1-14(15-6-5-7-17(24)12-15)27(21(28)29-22(2,3)4)11-10-16-13-25-18-8-9-19(23)26-20(16)18/h6-10,13-14,16,25H,11-12H2,1-5H3;5-9,12-14,25H,10-11H2,1-4H3. The van der Waals surface area contributed by atoms with Crippen molar-refractivity contribution in [3.05, 3.63) is 130 Å². The van der Waals surface area contributed by atoms with Crippen LogP contribution >= 0.6 is 11.6 Å². The monoisotopic (exact) mass is 814 g/mol. The number of aryl methyl sites for hydroxylation is 1. The zero-order valence-electron chi connectivity index (χ0n) is 34.6. The fourth-order valence-corrected chi connectivity index (χ4v) is 6.61. The Morgan fingerprint density at radius 2 is 1.12 bits per heavy atom. The predicted molar refractivity (Wildman–Crippen MR) is 225 cm³/mol. The fraction of sp³-hybridized carbons (Fsp3) is 0.378. The van der Waals surface area contributed by atoms with Crippen LogP contribution in [-0.2, 0) is 22.3 Å². The summed E-state index contributed by atoms with van der Waals surface area (Å²) < 4.78 is 38.7. The molecule has 2 amide bonds. The largest absolute Gasteiger partial charge is 0.444 e. The van der Waals surface area contributed by atoms with Gasteiger partial charge in [-0.05, 0) is 146 Å². The van der Waals surface area contributed by atoms with Crippen molar-refractivity contribution in [3.8, 4) is 0 Å². The van der Waals surface area contributed by atoms with Gasteiger partial charge < -0.3 is 29.2 Å². The number of fused-ring (bicyclic) bond motifs is 2. The third-order valence-corrected chi connectivity index (χ3v) is 9.62. The fourth-order valence-electron chi connectivity index (χ4n) is 6.46. The Hall–Kier alpha value is -5.49. The third kappa shape index (κ3) is 11.8. The van der Waals surface area contributed by atoms with E-state index in [9.17, 15) is 18.4 Å². The van der Waals surface area contributed by atoms with Gasteiger partial charge in [0, 0.05) is 31.2 Å². The van der Waals surface area contributed by atoms with Crippen molar-refractivity contribution in [2.45, 2.75) is 98.4 Å². The molecule has 0 spiro atoms. The van der Waals surface area contributed by atoms with Crippen molar-refractivity contribution in [1.29, 1.82) is 0 Å². The highest BCUT2D eigenvalue weighted by Gasteiger charge is 2.29. The molecule has 2 aromatic carbocycles. The maximum atomic E-state index is 13.7. The number of ether oxygens (including phenoxy) is 2. The Balaban J connectivity index is 0.000000221. The molecule has 0 radical (unpaired) electrons. The number of aromatic nitrogens is 4. The first-order valence-corrected chi connectivity index (χ1v) is 19.7. The van der Waals surface area contributed by atoms with Crippen LogP contribution in [0, 0.1) is 18.6 Å². The number of hydrogen-bond donors (Lipinski definition) is 2. The molecule has 2 N–H and O–H groups in total. The van der Waals surface area contributed by atoms with Crippen LogP contribution in [0.25, 0.3) is 22.1 Å². The lowest BCUT2D eigenvalue weighted by atomic mass is 10.1. The van der Waals surface area contributed by atoms with Crippen molar-refractivity contribution >= 4 is 45.9 Å². The Labute approximate surface area is 343 Å². The van der Waals surface area contributed by atoms with Gasteiger partial charge in [-0.25, -0.2) is 23.4 Å². The van der Waals surface area contributed by atoms with Gasteiger partial charge in [-0.15, -0.1) is 0 Å². The number of benzene rings is 2. The minimum atomic E-state index is -0.632.